The second-order valence-corrected chi connectivity index (χ2v) is 5.20. The third-order valence-electron chi connectivity index (χ3n) is 2.50. The summed E-state index contributed by atoms with van der Waals surface area (Å²) in [6.45, 7) is 7.43. The zero-order chi connectivity index (χ0) is 12.2. The molecular formula is C11H22N2O3. The van der Waals surface area contributed by atoms with Gasteiger partial charge in [-0.15, -0.1) is 0 Å². The predicted octanol–water partition coefficient (Wildman–Crippen LogP) is 0.481. The first kappa shape index (κ1) is 13.3. The average molecular weight is 230 g/mol. The number of β-amino-alcohol motifs (C(OH)–C–C–N with tert-alkyl or cyclic N) is 1. The fourth-order valence-corrected chi connectivity index (χ4v) is 1.66. The Morgan fingerprint density at radius 2 is 2.25 bits per heavy atom. The summed E-state index contributed by atoms with van der Waals surface area (Å²) in [6.07, 6.45) is 0.0682. The molecule has 2 atom stereocenters. The van der Waals surface area contributed by atoms with E-state index >= 15 is 0 Å². The Morgan fingerprint density at radius 1 is 1.56 bits per heavy atom. The molecule has 0 aromatic carbocycles. The molecule has 94 valence electrons. The minimum Gasteiger partial charge on any atom is -0.444 e. The lowest BCUT2D eigenvalue weighted by Crippen LogP contribution is -2.46. The van der Waals surface area contributed by atoms with Crippen molar-refractivity contribution in [3.8, 4) is 0 Å². The number of ether oxygens (including phenoxy) is 1. The number of rotatable bonds is 2. The molecule has 5 nitrogen and oxygen atoms in total. The van der Waals surface area contributed by atoms with Gasteiger partial charge in [0, 0.05) is 19.0 Å². The molecule has 0 aromatic heterocycles. The number of hydrogen-bond donors (Lipinski definition) is 3. The number of aliphatic hydroxyl groups excluding tert-OH is 1. The summed E-state index contributed by atoms with van der Waals surface area (Å²) in [5.41, 5.74) is -0.475. The molecule has 1 amide bonds. The van der Waals surface area contributed by atoms with E-state index in [9.17, 15) is 9.90 Å². The summed E-state index contributed by atoms with van der Waals surface area (Å²) in [5.74, 6) is 0.119. The highest BCUT2D eigenvalue weighted by atomic mass is 16.6. The Kier molecular flexibility index (Phi) is 4.56. The number of carbonyl (C=O) groups is 1. The zero-order valence-corrected chi connectivity index (χ0v) is 10.2. The van der Waals surface area contributed by atoms with Crippen molar-refractivity contribution in [2.45, 2.75) is 38.9 Å². The molecule has 0 aromatic rings. The van der Waals surface area contributed by atoms with Crippen LogP contribution in [0.25, 0.3) is 0 Å². The highest BCUT2D eigenvalue weighted by Crippen LogP contribution is 2.12. The molecule has 1 aliphatic heterocycles. The smallest absolute Gasteiger partial charge is 0.407 e. The van der Waals surface area contributed by atoms with Crippen molar-refractivity contribution in [2.24, 2.45) is 5.92 Å². The number of hydrogen-bond acceptors (Lipinski definition) is 4. The number of nitrogens with one attached hydrogen (secondary N) is 2. The van der Waals surface area contributed by atoms with Crippen LogP contribution >= 0.6 is 0 Å². The minimum absolute atomic E-state index is 0.119. The van der Waals surface area contributed by atoms with Crippen LogP contribution < -0.4 is 10.6 Å². The van der Waals surface area contributed by atoms with Gasteiger partial charge in [-0.05, 0) is 33.7 Å². The Balaban J connectivity index is 2.25. The molecule has 3 N–H and O–H groups in total. The Morgan fingerprint density at radius 3 is 2.81 bits per heavy atom. The molecular weight excluding hydrogens is 208 g/mol. The van der Waals surface area contributed by atoms with Crippen LogP contribution in [0.15, 0.2) is 0 Å². The van der Waals surface area contributed by atoms with Crippen molar-refractivity contribution in [3.63, 3.8) is 0 Å². The van der Waals surface area contributed by atoms with Gasteiger partial charge in [-0.2, -0.15) is 0 Å². The average Bonchev–Trinajstić information content (AvgIpc) is 2.14. The molecule has 1 rings (SSSR count). The molecule has 1 heterocycles. The largest absolute Gasteiger partial charge is 0.444 e. The molecule has 1 aliphatic rings. The Labute approximate surface area is 96.6 Å². The summed E-state index contributed by atoms with van der Waals surface area (Å²) in [6, 6.07) is 0. The van der Waals surface area contributed by atoms with Crippen LogP contribution in [0, 0.1) is 5.92 Å². The Bertz CT molecular complexity index is 238. The topological polar surface area (TPSA) is 70.6 Å². The predicted molar refractivity (Wildman–Crippen MR) is 61.2 cm³/mol. The fourth-order valence-electron chi connectivity index (χ4n) is 1.66. The SMILES string of the molecule is CC(C)(C)OC(=O)NC[C@@H]1CCNC[C@H]1O. The molecule has 0 spiro atoms. The van der Waals surface area contributed by atoms with Gasteiger partial charge in [0.2, 0.25) is 0 Å². The highest BCUT2D eigenvalue weighted by Gasteiger charge is 2.24. The van der Waals surface area contributed by atoms with Gasteiger partial charge in [-0.1, -0.05) is 0 Å². The van der Waals surface area contributed by atoms with E-state index in [-0.39, 0.29) is 12.0 Å². The van der Waals surface area contributed by atoms with Crippen LogP contribution in [0.1, 0.15) is 27.2 Å². The van der Waals surface area contributed by atoms with Crippen LogP contribution in [-0.2, 0) is 4.74 Å². The summed E-state index contributed by atoms with van der Waals surface area (Å²) in [4.78, 5) is 11.4. The van der Waals surface area contributed by atoms with E-state index in [2.05, 4.69) is 10.6 Å². The first-order valence-corrected chi connectivity index (χ1v) is 5.74. The van der Waals surface area contributed by atoms with Crippen molar-refractivity contribution in [2.75, 3.05) is 19.6 Å². The van der Waals surface area contributed by atoms with Crippen LogP contribution in [0.5, 0.6) is 0 Å². The molecule has 0 saturated carbocycles. The summed E-state index contributed by atoms with van der Waals surface area (Å²) >= 11 is 0. The molecule has 16 heavy (non-hydrogen) atoms. The van der Waals surface area contributed by atoms with Gasteiger partial charge in [0.1, 0.15) is 5.60 Å². The fraction of sp³-hybridized carbons (Fsp3) is 0.909. The third-order valence-corrected chi connectivity index (χ3v) is 2.50. The quantitative estimate of drug-likeness (QED) is 0.645. The molecule has 1 fully saturated rings. The standard InChI is InChI=1S/C11H22N2O3/c1-11(2,3)16-10(15)13-6-8-4-5-12-7-9(8)14/h8-9,12,14H,4-7H2,1-3H3,(H,13,15)/t8-,9+/m0/s1. The lowest BCUT2D eigenvalue weighted by atomic mass is 9.95. The number of carbonyl (C=O) groups excluding carboxylic acids is 1. The van der Waals surface area contributed by atoms with Crippen LogP contribution in [0.2, 0.25) is 0 Å². The number of amides is 1. The molecule has 1 saturated heterocycles. The second kappa shape index (κ2) is 5.50. The van der Waals surface area contributed by atoms with E-state index in [0.717, 1.165) is 13.0 Å². The molecule has 0 unspecified atom stereocenters. The Hall–Kier alpha value is -0.810. The van der Waals surface area contributed by atoms with E-state index in [1.807, 2.05) is 20.8 Å². The van der Waals surface area contributed by atoms with Gasteiger partial charge >= 0.3 is 6.09 Å². The highest BCUT2D eigenvalue weighted by molar-refractivity contribution is 5.67. The van der Waals surface area contributed by atoms with Crippen LogP contribution in [0.4, 0.5) is 4.79 Å². The minimum atomic E-state index is -0.475. The number of piperidine rings is 1. The number of alkyl carbamates (subject to hydrolysis) is 1. The van der Waals surface area contributed by atoms with Crippen molar-refractivity contribution in [1.29, 1.82) is 0 Å². The maximum Gasteiger partial charge on any atom is 0.407 e. The van der Waals surface area contributed by atoms with E-state index in [1.54, 1.807) is 0 Å². The van der Waals surface area contributed by atoms with E-state index < -0.39 is 11.7 Å². The maximum atomic E-state index is 11.4. The molecule has 0 bridgehead atoms. The lowest BCUT2D eigenvalue weighted by Gasteiger charge is -2.28. The van der Waals surface area contributed by atoms with Gasteiger partial charge in [-0.3, -0.25) is 0 Å². The van der Waals surface area contributed by atoms with E-state index in [4.69, 9.17) is 4.74 Å². The molecule has 0 aliphatic carbocycles. The second-order valence-electron chi connectivity index (χ2n) is 5.20. The maximum absolute atomic E-state index is 11.4. The van der Waals surface area contributed by atoms with Crippen LogP contribution in [0.3, 0.4) is 0 Å². The van der Waals surface area contributed by atoms with Crippen molar-refractivity contribution in [1.82, 2.24) is 10.6 Å². The third kappa shape index (κ3) is 4.81. The van der Waals surface area contributed by atoms with Gasteiger partial charge in [-0.25, -0.2) is 4.79 Å². The van der Waals surface area contributed by atoms with Crippen molar-refractivity contribution < 1.29 is 14.6 Å². The van der Waals surface area contributed by atoms with Gasteiger partial charge in [0.05, 0.1) is 6.10 Å². The van der Waals surface area contributed by atoms with Crippen LogP contribution in [-0.4, -0.2) is 42.5 Å². The van der Waals surface area contributed by atoms with Crippen molar-refractivity contribution in [3.05, 3.63) is 0 Å². The van der Waals surface area contributed by atoms with E-state index in [1.165, 1.54) is 0 Å². The van der Waals surface area contributed by atoms with E-state index in [0.29, 0.717) is 13.1 Å². The van der Waals surface area contributed by atoms with Gasteiger partial charge < -0.3 is 20.5 Å². The lowest BCUT2D eigenvalue weighted by molar-refractivity contribution is 0.0457. The molecule has 5 heteroatoms. The normalized spacial score (nSPS) is 26.2. The van der Waals surface area contributed by atoms with Gasteiger partial charge in [0.25, 0.3) is 0 Å². The van der Waals surface area contributed by atoms with Crippen molar-refractivity contribution >= 4 is 6.09 Å². The number of aliphatic hydroxyl groups is 1. The monoisotopic (exact) mass is 230 g/mol. The first-order chi connectivity index (χ1) is 7.38. The zero-order valence-electron chi connectivity index (χ0n) is 10.2. The summed E-state index contributed by atoms with van der Waals surface area (Å²) in [5, 5.41) is 15.4. The molecule has 0 radical (unpaired) electrons. The van der Waals surface area contributed by atoms with Gasteiger partial charge in [0.15, 0.2) is 0 Å². The summed E-state index contributed by atoms with van der Waals surface area (Å²) in [7, 11) is 0. The first-order valence-electron chi connectivity index (χ1n) is 5.74. The summed E-state index contributed by atoms with van der Waals surface area (Å²) < 4.78 is 5.12.